The Hall–Kier alpha value is -1.16. The fourth-order valence-corrected chi connectivity index (χ4v) is 2.94. The van der Waals surface area contributed by atoms with Gasteiger partial charge in [0.25, 0.3) is 0 Å². The molecule has 104 valence electrons. The van der Waals surface area contributed by atoms with E-state index in [-0.39, 0.29) is 10.8 Å². The maximum Gasteiger partial charge on any atom is 0.147 e. The third-order valence-corrected chi connectivity index (χ3v) is 4.13. The molecule has 0 spiro atoms. The smallest absolute Gasteiger partial charge is 0.147 e. The number of nitrogens with two attached hydrogens (primary N) is 1. The van der Waals surface area contributed by atoms with Crippen molar-refractivity contribution in [3.63, 3.8) is 0 Å². The van der Waals surface area contributed by atoms with Crippen LogP contribution in [-0.2, 0) is 0 Å². The Morgan fingerprint density at radius 2 is 2.21 bits per heavy atom. The van der Waals surface area contributed by atoms with E-state index in [1.807, 2.05) is 12.1 Å². The van der Waals surface area contributed by atoms with Crippen LogP contribution in [0, 0.1) is 5.82 Å². The third-order valence-electron chi connectivity index (χ3n) is 3.89. The van der Waals surface area contributed by atoms with Crippen molar-refractivity contribution in [3.8, 4) is 0 Å². The van der Waals surface area contributed by atoms with E-state index in [4.69, 9.17) is 18.0 Å². The van der Waals surface area contributed by atoms with Gasteiger partial charge in [0.15, 0.2) is 0 Å². The number of hydrogen-bond acceptors (Lipinski definition) is 2. The lowest BCUT2D eigenvalue weighted by Gasteiger charge is -2.31. The molecule has 1 atom stereocenters. The highest BCUT2D eigenvalue weighted by molar-refractivity contribution is 7.80. The van der Waals surface area contributed by atoms with Crippen molar-refractivity contribution in [2.75, 3.05) is 11.4 Å². The van der Waals surface area contributed by atoms with Crippen molar-refractivity contribution in [2.24, 2.45) is 5.73 Å². The molecule has 1 aliphatic rings. The maximum absolute atomic E-state index is 14.3. The Morgan fingerprint density at radius 1 is 1.42 bits per heavy atom. The minimum Gasteiger partial charge on any atom is -0.389 e. The molecule has 19 heavy (non-hydrogen) atoms. The van der Waals surface area contributed by atoms with Gasteiger partial charge in [-0.3, -0.25) is 0 Å². The van der Waals surface area contributed by atoms with E-state index in [0.29, 0.717) is 17.3 Å². The molecule has 0 radical (unpaired) electrons. The molecule has 1 heterocycles. The van der Waals surface area contributed by atoms with Gasteiger partial charge >= 0.3 is 0 Å². The molecule has 0 amide bonds. The summed E-state index contributed by atoms with van der Waals surface area (Å²) in [7, 11) is 0. The summed E-state index contributed by atoms with van der Waals surface area (Å²) in [5.74, 6) is -0.217. The first-order valence-corrected chi connectivity index (χ1v) is 7.40. The van der Waals surface area contributed by atoms with E-state index in [1.165, 1.54) is 18.9 Å². The van der Waals surface area contributed by atoms with Crippen molar-refractivity contribution >= 4 is 22.9 Å². The summed E-state index contributed by atoms with van der Waals surface area (Å²) in [6.07, 6.45) is 5.80. The topological polar surface area (TPSA) is 29.3 Å². The summed E-state index contributed by atoms with van der Waals surface area (Å²) in [5.41, 5.74) is 6.83. The van der Waals surface area contributed by atoms with Crippen molar-refractivity contribution in [2.45, 2.75) is 45.1 Å². The number of rotatable bonds is 3. The van der Waals surface area contributed by atoms with E-state index in [1.54, 1.807) is 0 Å². The zero-order valence-corrected chi connectivity index (χ0v) is 12.2. The van der Waals surface area contributed by atoms with E-state index in [0.717, 1.165) is 25.8 Å². The predicted octanol–water partition coefficient (Wildman–Crippen LogP) is 3.62. The molecule has 1 saturated heterocycles. The van der Waals surface area contributed by atoms with Crippen LogP contribution >= 0.6 is 12.2 Å². The Balaban J connectivity index is 2.30. The van der Waals surface area contributed by atoms with Crippen LogP contribution in [0.3, 0.4) is 0 Å². The molecule has 1 fully saturated rings. The van der Waals surface area contributed by atoms with Gasteiger partial charge < -0.3 is 10.6 Å². The Bertz CT molecular complexity index is 461. The van der Waals surface area contributed by atoms with Gasteiger partial charge in [-0.05, 0) is 37.5 Å². The lowest BCUT2D eigenvalue weighted by atomic mass is 10.1. The van der Waals surface area contributed by atoms with E-state index in [9.17, 15) is 4.39 Å². The molecule has 1 aliphatic heterocycles. The number of halogens is 1. The fraction of sp³-hybridized carbons (Fsp3) is 0.533. The van der Waals surface area contributed by atoms with Crippen LogP contribution in [0.15, 0.2) is 18.2 Å². The molecule has 2 nitrogen and oxygen atoms in total. The molecule has 2 rings (SSSR count). The average molecular weight is 280 g/mol. The van der Waals surface area contributed by atoms with Crippen LogP contribution in [-0.4, -0.2) is 17.6 Å². The number of thiocarbonyl (C=S) groups is 1. The van der Waals surface area contributed by atoms with Gasteiger partial charge in [-0.2, -0.15) is 0 Å². The van der Waals surface area contributed by atoms with Crippen molar-refractivity contribution in [1.29, 1.82) is 0 Å². The monoisotopic (exact) mass is 280 g/mol. The Morgan fingerprint density at radius 3 is 2.84 bits per heavy atom. The lowest BCUT2D eigenvalue weighted by Crippen LogP contribution is -2.35. The third kappa shape index (κ3) is 3.24. The molecule has 0 aromatic heterocycles. The quantitative estimate of drug-likeness (QED) is 0.858. The standard InChI is InChI=1S/C15H21FN2S/c1-2-12-6-4-3-5-9-18(12)14-8-7-11(15(17)19)10-13(14)16/h7-8,10,12H,2-6,9H2,1H3,(H2,17,19). The molecule has 1 unspecified atom stereocenters. The normalized spacial score (nSPS) is 20.1. The summed E-state index contributed by atoms with van der Waals surface area (Å²) < 4.78 is 14.3. The SMILES string of the molecule is CCC1CCCCCN1c1ccc(C(N)=S)cc1F. The molecule has 4 heteroatoms. The molecule has 2 N–H and O–H groups in total. The van der Waals surface area contributed by atoms with Crippen molar-refractivity contribution in [3.05, 3.63) is 29.6 Å². The Kier molecular flexibility index (Phi) is 4.75. The largest absolute Gasteiger partial charge is 0.389 e. The first-order valence-electron chi connectivity index (χ1n) is 6.99. The van der Waals surface area contributed by atoms with Gasteiger partial charge in [0.2, 0.25) is 0 Å². The number of benzene rings is 1. The summed E-state index contributed by atoms with van der Waals surface area (Å²) in [4.78, 5) is 2.46. The summed E-state index contributed by atoms with van der Waals surface area (Å²) in [5, 5.41) is 0. The van der Waals surface area contributed by atoms with Gasteiger partial charge in [0.1, 0.15) is 10.8 Å². The van der Waals surface area contributed by atoms with E-state index >= 15 is 0 Å². The predicted molar refractivity (Wildman–Crippen MR) is 82.2 cm³/mol. The fourth-order valence-electron chi connectivity index (χ4n) is 2.81. The zero-order chi connectivity index (χ0) is 13.8. The summed E-state index contributed by atoms with van der Waals surface area (Å²) >= 11 is 4.89. The van der Waals surface area contributed by atoms with Gasteiger partial charge in [0, 0.05) is 18.2 Å². The molecule has 1 aromatic carbocycles. The number of anilines is 1. The van der Waals surface area contributed by atoms with Crippen LogP contribution in [0.4, 0.5) is 10.1 Å². The highest BCUT2D eigenvalue weighted by Crippen LogP contribution is 2.28. The first kappa shape index (κ1) is 14.3. The van der Waals surface area contributed by atoms with Gasteiger partial charge in [-0.25, -0.2) is 4.39 Å². The molecular weight excluding hydrogens is 259 g/mol. The molecule has 0 bridgehead atoms. The van der Waals surface area contributed by atoms with Gasteiger partial charge in [-0.15, -0.1) is 0 Å². The summed E-state index contributed by atoms with van der Waals surface area (Å²) in [6.45, 7) is 3.10. The van der Waals surface area contributed by atoms with Crippen LogP contribution in [0.5, 0.6) is 0 Å². The number of hydrogen-bond donors (Lipinski definition) is 1. The molecule has 1 aromatic rings. The second-order valence-corrected chi connectivity index (χ2v) is 5.58. The lowest BCUT2D eigenvalue weighted by molar-refractivity contribution is 0.540. The molecule has 0 aliphatic carbocycles. The van der Waals surface area contributed by atoms with Crippen molar-refractivity contribution < 1.29 is 4.39 Å². The minimum absolute atomic E-state index is 0.217. The zero-order valence-electron chi connectivity index (χ0n) is 11.4. The van der Waals surface area contributed by atoms with E-state index in [2.05, 4.69) is 11.8 Å². The van der Waals surface area contributed by atoms with Crippen LogP contribution in [0.2, 0.25) is 0 Å². The molecule has 0 saturated carbocycles. The second-order valence-electron chi connectivity index (χ2n) is 5.14. The van der Waals surface area contributed by atoms with Crippen LogP contribution < -0.4 is 10.6 Å². The molecular formula is C15H21FN2S. The minimum atomic E-state index is -0.217. The van der Waals surface area contributed by atoms with Crippen LogP contribution in [0.1, 0.15) is 44.6 Å². The highest BCUT2D eigenvalue weighted by Gasteiger charge is 2.22. The van der Waals surface area contributed by atoms with Crippen molar-refractivity contribution in [1.82, 2.24) is 0 Å². The highest BCUT2D eigenvalue weighted by atomic mass is 32.1. The average Bonchev–Trinajstić information content (AvgIpc) is 2.63. The van der Waals surface area contributed by atoms with Crippen LogP contribution in [0.25, 0.3) is 0 Å². The van der Waals surface area contributed by atoms with E-state index < -0.39 is 0 Å². The van der Waals surface area contributed by atoms with Gasteiger partial charge in [-0.1, -0.05) is 32.0 Å². The maximum atomic E-state index is 14.3. The second kappa shape index (κ2) is 6.33. The number of nitrogens with zero attached hydrogens (tertiary/aromatic N) is 1. The Labute approximate surface area is 119 Å². The van der Waals surface area contributed by atoms with Gasteiger partial charge in [0.05, 0.1) is 5.69 Å². The summed E-state index contributed by atoms with van der Waals surface area (Å²) in [6, 6.07) is 5.53. The first-order chi connectivity index (χ1) is 9.13.